The average molecular weight is 317 g/mol. The number of allylic oxidation sites excluding steroid dienone is 1. The Morgan fingerprint density at radius 3 is 2.61 bits per heavy atom. The first-order chi connectivity index (χ1) is 11.1. The number of ether oxygens (including phenoxy) is 1. The smallest absolute Gasteiger partial charge is 0.335 e. The quantitative estimate of drug-likeness (QED) is 0.588. The standard InChI is InChI=1S/C18H23NO4/c1-2-3-12-23-18(22)15-10-7-11-16(15)19(13-17(20)21)14-8-5-4-6-9-14/h4-6,8-9H,2-3,7,10-13H2,1H3,(H,20,21). The molecule has 0 saturated heterocycles. The summed E-state index contributed by atoms with van der Waals surface area (Å²) in [7, 11) is 0. The molecule has 124 valence electrons. The van der Waals surface area contributed by atoms with Crippen LogP contribution in [0.15, 0.2) is 41.6 Å². The number of aliphatic carboxylic acids is 1. The summed E-state index contributed by atoms with van der Waals surface area (Å²) < 4.78 is 5.32. The van der Waals surface area contributed by atoms with Crippen LogP contribution >= 0.6 is 0 Å². The fourth-order valence-corrected chi connectivity index (χ4v) is 2.73. The van der Waals surface area contributed by atoms with E-state index in [-0.39, 0.29) is 12.5 Å². The Morgan fingerprint density at radius 2 is 1.96 bits per heavy atom. The molecule has 0 fully saturated rings. The minimum Gasteiger partial charge on any atom is -0.480 e. The molecule has 1 aromatic rings. The van der Waals surface area contributed by atoms with Crippen molar-refractivity contribution in [1.82, 2.24) is 0 Å². The number of hydrogen-bond acceptors (Lipinski definition) is 4. The lowest BCUT2D eigenvalue weighted by Gasteiger charge is -2.25. The molecule has 2 rings (SSSR count). The third-order valence-corrected chi connectivity index (χ3v) is 3.85. The molecule has 0 atom stereocenters. The van der Waals surface area contributed by atoms with Crippen LogP contribution in [0.2, 0.25) is 0 Å². The van der Waals surface area contributed by atoms with Gasteiger partial charge in [0.2, 0.25) is 0 Å². The summed E-state index contributed by atoms with van der Waals surface area (Å²) in [4.78, 5) is 25.3. The summed E-state index contributed by atoms with van der Waals surface area (Å²) in [5.41, 5.74) is 2.18. The van der Waals surface area contributed by atoms with E-state index in [9.17, 15) is 14.7 Å². The summed E-state index contributed by atoms with van der Waals surface area (Å²) in [5, 5.41) is 9.22. The Balaban J connectivity index is 2.26. The minimum absolute atomic E-state index is 0.162. The number of para-hydroxylation sites is 1. The van der Waals surface area contributed by atoms with Gasteiger partial charge in [-0.2, -0.15) is 0 Å². The van der Waals surface area contributed by atoms with Gasteiger partial charge in [0, 0.05) is 11.4 Å². The largest absolute Gasteiger partial charge is 0.480 e. The van der Waals surface area contributed by atoms with Gasteiger partial charge in [0.15, 0.2) is 0 Å². The topological polar surface area (TPSA) is 66.8 Å². The number of esters is 1. The van der Waals surface area contributed by atoms with Gasteiger partial charge in [-0.1, -0.05) is 31.5 Å². The van der Waals surface area contributed by atoms with Gasteiger partial charge >= 0.3 is 11.9 Å². The van der Waals surface area contributed by atoms with Gasteiger partial charge in [0.05, 0.1) is 12.2 Å². The second-order valence-electron chi connectivity index (χ2n) is 5.58. The number of benzene rings is 1. The van der Waals surface area contributed by atoms with Gasteiger partial charge in [-0.25, -0.2) is 4.79 Å². The van der Waals surface area contributed by atoms with Gasteiger partial charge in [-0.3, -0.25) is 4.79 Å². The summed E-state index contributed by atoms with van der Waals surface area (Å²) >= 11 is 0. The second-order valence-corrected chi connectivity index (χ2v) is 5.58. The number of carboxylic acid groups (broad SMARTS) is 1. The first-order valence-corrected chi connectivity index (χ1v) is 8.07. The van der Waals surface area contributed by atoms with E-state index < -0.39 is 5.97 Å². The summed E-state index contributed by atoms with van der Waals surface area (Å²) in [6.45, 7) is 2.29. The Morgan fingerprint density at radius 1 is 1.22 bits per heavy atom. The fourth-order valence-electron chi connectivity index (χ4n) is 2.73. The SMILES string of the molecule is CCCCOC(=O)C1=C(N(CC(=O)O)c2ccccc2)CCC1. The Labute approximate surface area is 136 Å². The van der Waals surface area contributed by atoms with E-state index >= 15 is 0 Å². The molecule has 23 heavy (non-hydrogen) atoms. The van der Waals surface area contributed by atoms with Gasteiger partial charge in [0.1, 0.15) is 6.54 Å². The minimum atomic E-state index is -0.924. The monoisotopic (exact) mass is 317 g/mol. The Kier molecular flexibility index (Phi) is 6.20. The molecule has 0 radical (unpaired) electrons. The number of hydrogen-bond donors (Lipinski definition) is 1. The van der Waals surface area contributed by atoms with Crippen molar-refractivity contribution in [2.45, 2.75) is 39.0 Å². The van der Waals surface area contributed by atoms with Crippen LogP contribution in [0.4, 0.5) is 5.69 Å². The lowest BCUT2D eigenvalue weighted by molar-refractivity contribution is -0.139. The van der Waals surface area contributed by atoms with Crippen molar-refractivity contribution in [2.75, 3.05) is 18.1 Å². The maximum absolute atomic E-state index is 12.3. The maximum Gasteiger partial charge on any atom is 0.335 e. The molecule has 0 spiro atoms. The van der Waals surface area contributed by atoms with Crippen molar-refractivity contribution in [3.8, 4) is 0 Å². The predicted molar refractivity (Wildman–Crippen MR) is 88.2 cm³/mol. The van der Waals surface area contributed by atoms with Crippen molar-refractivity contribution in [1.29, 1.82) is 0 Å². The summed E-state index contributed by atoms with van der Waals surface area (Å²) in [6, 6.07) is 9.31. The molecule has 0 aliphatic heterocycles. The highest BCUT2D eigenvalue weighted by Crippen LogP contribution is 2.32. The van der Waals surface area contributed by atoms with E-state index in [0.717, 1.165) is 30.6 Å². The van der Waals surface area contributed by atoms with Crippen molar-refractivity contribution in [2.24, 2.45) is 0 Å². The summed E-state index contributed by atoms with van der Waals surface area (Å²) in [6.07, 6.45) is 3.99. The van der Waals surface area contributed by atoms with Crippen molar-refractivity contribution in [3.05, 3.63) is 41.6 Å². The van der Waals surface area contributed by atoms with Crippen molar-refractivity contribution >= 4 is 17.6 Å². The molecule has 0 unspecified atom stereocenters. The maximum atomic E-state index is 12.3. The lowest BCUT2D eigenvalue weighted by Crippen LogP contribution is -2.30. The number of carbonyl (C=O) groups is 2. The zero-order valence-electron chi connectivity index (χ0n) is 13.5. The van der Waals surface area contributed by atoms with Crippen LogP contribution in [0.1, 0.15) is 39.0 Å². The van der Waals surface area contributed by atoms with Crippen LogP contribution < -0.4 is 4.90 Å². The van der Waals surface area contributed by atoms with E-state index in [1.165, 1.54) is 0 Å². The van der Waals surface area contributed by atoms with Crippen molar-refractivity contribution in [3.63, 3.8) is 0 Å². The molecule has 0 amide bonds. The highest BCUT2D eigenvalue weighted by atomic mass is 16.5. The van der Waals surface area contributed by atoms with Gasteiger partial charge in [0.25, 0.3) is 0 Å². The number of carboxylic acids is 1. The second kappa shape index (κ2) is 8.36. The molecule has 0 aromatic heterocycles. The third-order valence-electron chi connectivity index (χ3n) is 3.85. The van der Waals surface area contributed by atoms with Crippen LogP contribution in [0.25, 0.3) is 0 Å². The Bertz CT molecular complexity index is 580. The van der Waals surface area contributed by atoms with E-state index in [1.807, 2.05) is 37.3 Å². The lowest BCUT2D eigenvalue weighted by atomic mass is 10.2. The highest BCUT2D eigenvalue weighted by Gasteiger charge is 2.27. The van der Waals surface area contributed by atoms with E-state index in [2.05, 4.69) is 0 Å². The molecular weight excluding hydrogens is 294 g/mol. The highest BCUT2D eigenvalue weighted by molar-refractivity contribution is 5.91. The number of anilines is 1. The number of unbranched alkanes of at least 4 members (excludes halogenated alkanes) is 1. The predicted octanol–water partition coefficient (Wildman–Crippen LogP) is 3.36. The number of rotatable bonds is 8. The van der Waals surface area contributed by atoms with Gasteiger partial charge < -0.3 is 14.7 Å². The first-order valence-electron chi connectivity index (χ1n) is 8.07. The molecule has 0 bridgehead atoms. The zero-order chi connectivity index (χ0) is 16.7. The number of nitrogens with zero attached hydrogens (tertiary/aromatic N) is 1. The molecular formula is C18H23NO4. The van der Waals surface area contributed by atoms with Gasteiger partial charge in [-0.05, 0) is 37.8 Å². The third kappa shape index (κ3) is 4.58. The van der Waals surface area contributed by atoms with E-state index in [1.54, 1.807) is 4.90 Å². The molecule has 1 aliphatic carbocycles. The van der Waals surface area contributed by atoms with E-state index in [0.29, 0.717) is 25.0 Å². The Hall–Kier alpha value is -2.30. The van der Waals surface area contributed by atoms with Crippen LogP contribution in [0.5, 0.6) is 0 Å². The molecule has 5 nitrogen and oxygen atoms in total. The van der Waals surface area contributed by atoms with Crippen LogP contribution in [0.3, 0.4) is 0 Å². The number of carbonyl (C=O) groups excluding carboxylic acids is 1. The molecule has 1 N–H and O–H groups in total. The molecule has 0 saturated carbocycles. The molecule has 1 aliphatic rings. The van der Waals surface area contributed by atoms with Crippen LogP contribution in [0, 0.1) is 0 Å². The first kappa shape index (κ1) is 17.1. The van der Waals surface area contributed by atoms with Crippen LogP contribution in [-0.2, 0) is 14.3 Å². The normalized spacial score (nSPS) is 14.0. The van der Waals surface area contributed by atoms with E-state index in [4.69, 9.17) is 4.74 Å². The van der Waals surface area contributed by atoms with Gasteiger partial charge in [-0.15, -0.1) is 0 Å². The van der Waals surface area contributed by atoms with Crippen molar-refractivity contribution < 1.29 is 19.4 Å². The average Bonchev–Trinajstić information content (AvgIpc) is 3.03. The summed E-state index contributed by atoms with van der Waals surface area (Å²) in [5.74, 6) is -1.23. The molecule has 1 aromatic carbocycles. The zero-order valence-corrected chi connectivity index (χ0v) is 13.5. The molecule has 5 heteroatoms. The fraction of sp³-hybridized carbons (Fsp3) is 0.444. The molecule has 0 heterocycles. The van der Waals surface area contributed by atoms with Crippen LogP contribution in [-0.4, -0.2) is 30.2 Å².